The fourth-order valence-corrected chi connectivity index (χ4v) is 3.97. The molecule has 0 aliphatic carbocycles. The Morgan fingerprint density at radius 2 is 1.62 bits per heavy atom. The van der Waals surface area contributed by atoms with Gasteiger partial charge in [-0.05, 0) is 21.0 Å². The molecule has 0 aliphatic rings. The lowest BCUT2D eigenvalue weighted by Crippen LogP contribution is -2.33. The van der Waals surface area contributed by atoms with Gasteiger partial charge in [-0.1, -0.05) is 37.3 Å². The molecular weight excluding hydrogens is 177 g/mol. The van der Waals surface area contributed by atoms with E-state index in [1.165, 1.54) is 23.4 Å². The second-order valence-electron chi connectivity index (χ2n) is 3.90. The summed E-state index contributed by atoms with van der Waals surface area (Å²) in [5, 5.41) is 2.65. The van der Waals surface area contributed by atoms with Crippen molar-refractivity contribution in [2.45, 2.75) is 50.4 Å². The van der Waals surface area contributed by atoms with E-state index in [1.807, 2.05) is 0 Å². The van der Waals surface area contributed by atoms with Gasteiger partial charge in [0.25, 0.3) is 0 Å². The Morgan fingerprint density at radius 3 is 1.92 bits per heavy atom. The van der Waals surface area contributed by atoms with Crippen LogP contribution in [0.5, 0.6) is 0 Å². The quantitative estimate of drug-likeness (QED) is 0.464. The van der Waals surface area contributed by atoms with Crippen LogP contribution >= 0.6 is 0 Å². The van der Waals surface area contributed by atoms with Crippen molar-refractivity contribution < 1.29 is 3.79 Å². The predicted octanol–water partition coefficient (Wildman–Crippen LogP) is 2.72. The fraction of sp³-hybridized carbons (Fsp3) is 1.00. The molecule has 0 aromatic carbocycles. The zero-order valence-corrected chi connectivity index (χ0v) is 11.0. The molecule has 0 aromatic heterocycles. The maximum atomic E-state index is 6.06. The SMILES string of the molecule is CC[CH2][Al]([CH2]CC)[O]C(C)N(C)C. The standard InChI is InChI=1S/C4H10NO.2C3H7.Al/c1-4(6)5(2)3;2*1-3-2;/h4H,1-3H3;2*1,3H2,2H3;/q-1;;;+1. The first kappa shape index (κ1) is 13.5. The van der Waals surface area contributed by atoms with Gasteiger partial charge in [0.1, 0.15) is 0 Å². The van der Waals surface area contributed by atoms with Gasteiger partial charge >= 0.3 is 14.5 Å². The van der Waals surface area contributed by atoms with E-state index >= 15 is 0 Å². The fourth-order valence-electron chi connectivity index (χ4n) is 1.32. The van der Waals surface area contributed by atoms with Gasteiger partial charge in [-0.3, -0.25) is 4.90 Å². The minimum Gasteiger partial charge on any atom is -0.487 e. The van der Waals surface area contributed by atoms with Crippen molar-refractivity contribution in [3.05, 3.63) is 0 Å². The molecule has 78 valence electrons. The highest BCUT2D eigenvalue weighted by atomic mass is 27.2. The highest BCUT2D eigenvalue weighted by Gasteiger charge is 2.21. The lowest BCUT2D eigenvalue weighted by Gasteiger charge is -2.24. The van der Waals surface area contributed by atoms with E-state index in [0.29, 0.717) is 6.23 Å². The van der Waals surface area contributed by atoms with Gasteiger partial charge in [0.2, 0.25) is 0 Å². The lowest BCUT2D eigenvalue weighted by atomic mass is 10.6. The molecule has 2 nitrogen and oxygen atoms in total. The molecule has 0 saturated carbocycles. The van der Waals surface area contributed by atoms with Crippen LogP contribution in [-0.2, 0) is 3.79 Å². The van der Waals surface area contributed by atoms with Crippen molar-refractivity contribution in [1.82, 2.24) is 4.90 Å². The molecule has 13 heavy (non-hydrogen) atoms. The highest BCUT2D eigenvalue weighted by Crippen LogP contribution is 2.10. The third kappa shape index (κ3) is 6.51. The molecule has 0 radical (unpaired) electrons. The first-order valence-corrected chi connectivity index (χ1v) is 7.54. The third-order valence-electron chi connectivity index (χ3n) is 2.34. The first-order chi connectivity index (χ1) is 6.11. The van der Waals surface area contributed by atoms with Crippen molar-refractivity contribution in [3.63, 3.8) is 0 Å². The second kappa shape index (κ2) is 7.82. The summed E-state index contributed by atoms with van der Waals surface area (Å²) in [7, 11) is 4.15. The van der Waals surface area contributed by atoms with Gasteiger partial charge in [-0.15, -0.1) is 0 Å². The van der Waals surface area contributed by atoms with Gasteiger partial charge in [0, 0.05) is 0 Å². The van der Waals surface area contributed by atoms with Gasteiger partial charge in [0.05, 0.1) is 6.23 Å². The molecule has 1 atom stereocenters. The summed E-state index contributed by atoms with van der Waals surface area (Å²) in [4.78, 5) is 2.14. The Bertz CT molecular complexity index is 113. The Morgan fingerprint density at radius 1 is 1.15 bits per heavy atom. The van der Waals surface area contributed by atoms with Crippen molar-refractivity contribution in [2.24, 2.45) is 0 Å². The Hall–Kier alpha value is 0.452. The summed E-state index contributed by atoms with van der Waals surface area (Å²) in [5.74, 6) is 0. The minimum absolute atomic E-state index is 0.301. The molecule has 0 spiro atoms. The van der Waals surface area contributed by atoms with Gasteiger partial charge in [-0.25, -0.2) is 0 Å². The van der Waals surface area contributed by atoms with Crippen molar-refractivity contribution in [1.29, 1.82) is 0 Å². The van der Waals surface area contributed by atoms with E-state index in [0.717, 1.165) is 0 Å². The molecular formula is C10H24AlNO. The topological polar surface area (TPSA) is 12.5 Å². The maximum Gasteiger partial charge on any atom is 0.461 e. The van der Waals surface area contributed by atoms with Gasteiger partial charge in [-0.2, -0.15) is 0 Å². The number of nitrogens with zero attached hydrogens (tertiary/aromatic N) is 1. The number of hydrogen-bond acceptors (Lipinski definition) is 2. The summed E-state index contributed by atoms with van der Waals surface area (Å²) in [6, 6.07) is 0. The lowest BCUT2D eigenvalue weighted by molar-refractivity contribution is 0.0783. The third-order valence-corrected chi connectivity index (χ3v) is 5.56. The summed E-state index contributed by atoms with van der Waals surface area (Å²) < 4.78 is 6.06. The van der Waals surface area contributed by atoms with Crippen LogP contribution in [0.4, 0.5) is 0 Å². The van der Waals surface area contributed by atoms with Crippen LogP contribution in [-0.4, -0.2) is 39.7 Å². The Balaban J connectivity index is 3.78. The molecule has 0 rings (SSSR count). The van der Waals surface area contributed by atoms with Crippen LogP contribution in [0.25, 0.3) is 0 Å². The Kier molecular flexibility index (Phi) is 8.09. The molecule has 0 fully saturated rings. The maximum absolute atomic E-state index is 6.06. The predicted molar refractivity (Wildman–Crippen MR) is 60.2 cm³/mol. The molecule has 0 heterocycles. The van der Waals surface area contributed by atoms with Crippen LogP contribution < -0.4 is 0 Å². The number of rotatable bonds is 7. The van der Waals surface area contributed by atoms with E-state index in [4.69, 9.17) is 3.79 Å². The molecule has 0 bridgehead atoms. The molecule has 0 saturated heterocycles. The van der Waals surface area contributed by atoms with E-state index in [1.54, 1.807) is 0 Å². The minimum atomic E-state index is -0.889. The van der Waals surface area contributed by atoms with Crippen LogP contribution in [0.1, 0.15) is 33.6 Å². The molecule has 1 unspecified atom stereocenters. The largest absolute Gasteiger partial charge is 0.487 e. The van der Waals surface area contributed by atoms with Crippen LogP contribution in [0, 0.1) is 0 Å². The Labute approximate surface area is 88.0 Å². The summed E-state index contributed by atoms with van der Waals surface area (Å²) in [6.07, 6.45) is 2.85. The molecule has 0 aliphatic heterocycles. The zero-order chi connectivity index (χ0) is 10.3. The molecule has 3 heteroatoms. The first-order valence-electron chi connectivity index (χ1n) is 5.43. The van der Waals surface area contributed by atoms with Crippen LogP contribution in [0.15, 0.2) is 0 Å². The second-order valence-corrected chi connectivity index (χ2v) is 6.57. The van der Waals surface area contributed by atoms with E-state index in [9.17, 15) is 0 Å². The highest BCUT2D eigenvalue weighted by molar-refractivity contribution is 6.51. The van der Waals surface area contributed by atoms with Crippen molar-refractivity contribution >= 4 is 14.5 Å². The number of hydrogen-bond donors (Lipinski definition) is 0. The van der Waals surface area contributed by atoms with Crippen LogP contribution in [0.2, 0.25) is 10.6 Å². The normalized spacial score (nSPS) is 13.4. The summed E-state index contributed by atoms with van der Waals surface area (Å²) in [6.45, 7) is 6.64. The average Bonchev–Trinajstić information content (AvgIpc) is 2.05. The average molecular weight is 201 g/mol. The van der Waals surface area contributed by atoms with E-state index in [2.05, 4.69) is 39.8 Å². The van der Waals surface area contributed by atoms with Crippen molar-refractivity contribution in [3.8, 4) is 0 Å². The van der Waals surface area contributed by atoms with Crippen molar-refractivity contribution in [2.75, 3.05) is 14.1 Å². The summed E-state index contributed by atoms with van der Waals surface area (Å²) in [5.41, 5.74) is 0. The van der Waals surface area contributed by atoms with Gasteiger partial charge in [0.15, 0.2) is 0 Å². The van der Waals surface area contributed by atoms with E-state index < -0.39 is 14.5 Å². The zero-order valence-electron chi connectivity index (χ0n) is 9.84. The molecule has 0 aromatic rings. The smallest absolute Gasteiger partial charge is 0.461 e. The van der Waals surface area contributed by atoms with E-state index in [-0.39, 0.29) is 0 Å². The molecule has 0 N–H and O–H groups in total. The summed E-state index contributed by atoms with van der Waals surface area (Å²) >= 11 is -0.889. The van der Waals surface area contributed by atoms with Crippen LogP contribution in [0.3, 0.4) is 0 Å². The monoisotopic (exact) mass is 201 g/mol. The van der Waals surface area contributed by atoms with Gasteiger partial charge < -0.3 is 3.79 Å². The molecule has 0 amide bonds.